The maximum absolute atomic E-state index is 5.72. The van der Waals surface area contributed by atoms with Gasteiger partial charge in [0, 0.05) is 18.8 Å². The maximum atomic E-state index is 5.72. The molecule has 0 atom stereocenters. The Morgan fingerprint density at radius 1 is 1.50 bits per heavy atom. The number of nitrogens with zero attached hydrogens (tertiary/aromatic N) is 2. The van der Waals surface area contributed by atoms with Crippen LogP contribution in [0.15, 0.2) is 18.3 Å². The molecule has 1 aromatic heterocycles. The van der Waals surface area contributed by atoms with Gasteiger partial charge >= 0.3 is 0 Å². The molecule has 0 amide bonds. The normalized spacial score (nSPS) is 17.1. The van der Waals surface area contributed by atoms with E-state index in [4.69, 9.17) is 11.6 Å². The van der Waals surface area contributed by atoms with E-state index in [0.29, 0.717) is 5.15 Å². The van der Waals surface area contributed by atoms with Gasteiger partial charge in [0.1, 0.15) is 5.15 Å². The highest BCUT2D eigenvalue weighted by Gasteiger charge is 2.21. The molecule has 1 fully saturated rings. The zero-order valence-electron chi connectivity index (χ0n) is 8.41. The molecule has 0 N–H and O–H groups in total. The molecule has 3 heteroatoms. The largest absolute Gasteiger partial charge is 0.299 e. The number of pyridine rings is 1. The second kappa shape index (κ2) is 4.28. The van der Waals surface area contributed by atoms with Gasteiger partial charge in [0.25, 0.3) is 0 Å². The van der Waals surface area contributed by atoms with Gasteiger partial charge < -0.3 is 0 Å². The Labute approximate surface area is 89.9 Å². The summed E-state index contributed by atoms with van der Waals surface area (Å²) in [6.45, 7) is 0.981. The van der Waals surface area contributed by atoms with Gasteiger partial charge in [-0.15, -0.1) is 0 Å². The Balaban J connectivity index is 1.92. The monoisotopic (exact) mass is 210 g/mol. The molecule has 0 unspecified atom stereocenters. The molecular weight excluding hydrogens is 196 g/mol. The SMILES string of the molecule is CN(Cc1ccc(Cl)nc1)C1CCC1. The minimum atomic E-state index is 0.569. The number of halogens is 1. The molecule has 76 valence electrons. The number of aromatic nitrogens is 1. The fourth-order valence-electron chi connectivity index (χ4n) is 1.74. The van der Waals surface area contributed by atoms with Crippen molar-refractivity contribution < 1.29 is 0 Å². The summed E-state index contributed by atoms with van der Waals surface area (Å²) in [5.41, 5.74) is 1.24. The molecule has 0 aliphatic heterocycles. The molecule has 0 spiro atoms. The predicted molar refractivity (Wildman–Crippen MR) is 58.4 cm³/mol. The van der Waals surface area contributed by atoms with Gasteiger partial charge in [-0.1, -0.05) is 24.1 Å². The second-order valence-electron chi connectivity index (χ2n) is 3.99. The van der Waals surface area contributed by atoms with Gasteiger partial charge in [0.05, 0.1) is 0 Å². The smallest absolute Gasteiger partial charge is 0.129 e. The summed E-state index contributed by atoms with van der Waals surface area (Å²) in [7, 11) is 2.18. The van der Waals surface area contributed by atoms with Gasteiger partial charge in [0.15, 0.2) is 0 Å². The van der Waals surface area contributed by atoms with Crippen LogP contribution in [0.2, 0.25) is 5.15 Å². The highest BCUT2D eigenvalue weighted by molar-refractivity contribution is 6.29. The van der Waals surface area contributed by atoms with Crippen LogP contribution in [0.3, 0.4) is 0 Å². The summed E-state index contributed by atoms with van der Waals surface area (Å²) in [6.07, 6.45) is 5.93. The molecule has 0 saturated heterocycles. The van der Waals surface area contributed by atoms with Crippen LogP contribution in [0.5, 0.6) is 0 Å². The van der Waals surface area contributed by atoms with Crippen molar-refractivity contribution in [2.24, 2.45) is 0 Å². The molecule has 1 aliphatic carbocycles. The average Bonchev–Trinajstić information content (AvgIpc) is 2.06. The van der Waals surface area contributed by atoms with E-state index in [-0.39, 0.29) is 0 Å². The van der Waals surface area contributed by atoms with Gasteiger partial charge in [-0.25, -0.2) is 4.98 Å². The van der Waals surface area contributed by atoms with E-state index in [9.17, 15) is 0 Å². The highest BCUT2D eigenvalue weighted by Crippen LogP contribution is 2.24. The summed E-state index contributed by atoms with van der Waals surface area (Å²) in [4.78, 5) is 6.47. The molecule has 0 aromatic carbocycles. The predicted octanol–water partition coefficient (Wildman–Crippen LogP) is 2.72. The quantitative estimate of drug-likeness (QED) is 0.714. The van der Waals surface area contributed by atoms with E-state index < -0.39 is 0 Å². The zero-order chi connectivity index (χ0) is 9.97. The van der Waals surface area contributed by atoms with Crippen LogP contribution in [-0.4, -0.2) is 23.0 Å². The first-order valence-electron chi connectivity index (χ1n) is 5.06. The Kier molecular flexibility index (Phi) is 3.04. The molecule has 14 heavy (non-hydrogen) atoms. The standard InChI is InChI=1S/C11H15ClN2/c1-14(10-3-2-4-10)8-9-5-6-11(12)13-7-9/h5-7,10H,2-4,8H2,1H3. The Hall–Kier alpha value is -0.600. The van der Waals surface area contributed by atoms with Crippen molar-refractivity contribution in [1.82, 2.24) is 9.88 Å². The van der Waals surface area contributed by atoms with Crippen molar-refractivity contribution in [3.8, 4) is 0 Å². The molecule has 0 bridgehead atoms. The van der Waals surface area contributed by atoms with E-state index in [0.717, 1.165) is 12.6 Å². The van der Waals surface area contributed by atoms with Crippen LogP contribution >= 0.6 is 11.6 Å². The first-order chi connectivity index (χ1) is 6.75. The Morgan fingerprint density at radius 2 is 2.29 bits per heavy atom. The molecule has 1 aromatic rings. The molecule has 0 radical (unpaired) electrons. The van der Waals surface area contributed by atoms with E-state index >= 15 is 0 Å². The fraction of sp³-hybridized carbons (Fsp3) is 0.545. The van der Waals surface area contributed by atoms with Crippen molar-refractivity contribution in [3.05, 3.63) is 29.0 Å². The van der Waals surface area contributed by atoms with Crippen LogP contribution in [0.4, 0.5) is 0 Å². The highest BCUT2D eigenvalue weighted by atomic mass is 35.5. The molecule has 2 rings (SSSR count). The van der Waals surface area contributed by atoms with Crippen molar-refractivity contribution in [1.29, 1.82) is 0 Å². The molecule has 1 aliphatic rings. The Morgan fingerprint density at radius 3 is 2.79 bits per heavy atom. The minimum Gasteiger partial charge on any atom is -0.299 e. The van der Waals surface area contributed by atoms with Gasteiger partial charge in [0.2, 0.25) is 0 Å². The lowest BCUT2D eigenvalue weighted by atomic mass is 9.92. The van der Waals surface area contributed by atoms with E-state index in [1.54, 1.807) is 0 Å². The third-order valence-corrected chi connectivity index (χ3v) is 3.14. The summed E-state index contributed by atoms with van der Waals surface area (Å²) in [6, 6.07) is 4.68. The number of rotatable bonds is 3. The average molecular weight is 211 g/mol. The minimum absolute atomic E-state index is 0.569. The fourth-order valence-corrected chi connectivity index (χ4v) is 1.86. The van der Waals surface area contributed by atoms with E-state index in [1.807, 2.05) is 18.3 Å². The molecule has 2 nitrogen and oxygen atoms in total. The van der Waals surface area contributed by atoms with Crippen LogP contribution in [0.1, 0.15) is 24.8 Å². The van der Waals surface area contributed by atoms with Crippen molar-refractivity contribution in [3.63, 3.8) is 0 Å². The van der Waals surface area contributed by atoms with E-state index in [2.05, 4.69) is 16.9 Å². The van der Waals surface area contributed by atoms with Gasteiger partial charge in [-0.2, -0.15) is 0 Å². The summed E-state index contributed by atoms with van der Waals surface area (Å²) >= 11 is 5.72. The van der Waals surface area contributed by atoms with E-state index in [1.165, 1.54) is 24.8 Å². The molecular formula is C11H15ClN2. The van der Waals surface area contributed by atoms with Crippen LogP contribution in [0.25, 0.3) is 0 Å². The van der Waals surface area contributed by atoms with Crippen LogP contribution in [0, 0.1) is 0 Å². The first-order valence-corrected chi connectivity index (χ1v) is 5.44. The van der Waals surface area contributed by atoms with Crippen molar-refractivity contribution >= 4 is 11.6 Å². The Bertz CT molecular complexity index is 293. The van der Waals surface area contributed by atoms with Crippen LogP contribution < -0.4 is 0 Å². The zero-order valence-corrected chi connectivity index (χ0v) is 9.17. The number of hydrogen-bond acceptors (Lipinski definition) is 2. The van der Waals surface area contributed by atoms with Gasteiger partial charge in [-0.05, 0) is 31.5 Å². The number of hydrogen-bond donors (Lipinski definition) is 0. The third kappa shape index (κ3) is 2.25. The molecule has 1 saturated carbocycles. The maximum Gasteiger partial charge on any atom is 0.129 e. The van der Waals surface area contributed by atoms with Gasteiger partial charge in [-0.3, -0.25) is 4.90 Å². The second-order valence-corrected chi connectivity index (χ2v) is 4.38. The van der Waals surface area contributed by atoms with Crippen LogP contribution in [-0.2, 0) is 6.54 Å². The van der Waals surface area contributed by atoms with Crippen molar-refractivity contribution in [2.75, 3.05) is 7.05 Å². The lowest BCUT2D eigenvalue weighted by Crippen LogP contribution is -2.36. The lowest BCUT2D eigenvalue weighted by Gasteiger charge is -2.34. The third-order valence-electron chi connectivity index (χ3n) is 2.92. The summed E-state index contributed by atoms with van der Waals surface area (Å²) in [5.74, 6) is 0. The topological polar surface area (TPSA) is 16.1 Å². The molecule has 1 heterocycles. The summed E-state index contributed by atoms with van der Waals surface area (Å²) in [5, 5.41) is 0.569. The van der Waals surface area contributed by atoms with Crippen molar-refractivity contribution in [2.45, 2.75) is 31.8 Å². The summed E-state index contributed by atoms with van der Waals surface area (Å²) < 4.78 is 0. The lowest BCUT2D eigenvalue weighted by molar-refractivity contribution is 0.152. The first kappa shape index (κ1) is 9.94.